The van der Waals surface area contributed by atoms with Gasteiger partial charge in [0.25, 0.3) is 0 Å². The van der Waals surface area contributed by atoms with Crippen LogP contribution in [0.5, 0.6) is 11.5 Å². The molecule has 0 amide bonds. The van der Waals surface area contributed by atoms with Crippen molar-refractivity contribution >= 4 is 24.4 Å². The number of carboxylic acid groups (broad SMARTS) is 2. The van der Waals surface area contributed by atoms with E-state index in [1.165, 1.54) is 0 Å². The van der Waals surface area contributed by atoms with Crippen molar-refractivity contribution in [2.75, 3.05) is 13.2 Å². The molecule has 0 atom stereocenters. The van der Waals surface area contributed by atoms with Crippen molar-refractivity contribution < 1.29 is 29.3 Å². The Morgan fingerprint density at radius 2 is 1.08 bits per heavy atom. The van der Waals surface area contributed by atoms with Gasteiger partial charge in [-0.25, -0.2) is 9.59 Å². The fourth-order valence-corrected chi connectivity index (χ4v) is 1.79. The maximum Gasteiger partial charge on any atom is 0.341 e. The van der Waals surface area contributed by atoms with Gasteiger partial charge in [-0.1, -0.05) is 0 Å². The van der Waals surface area contributed by atoms with Gasteiger partial charge in [0, 0.05) is 0 Å². The molecule has 26 heavy (non-hydrogen) atoms. The van der Waals surface area contributed by atoms with E-state index in [0.717, 1.165) is 11.1 Å². The fraction of sp³-hybridized carbons (Fsp3) is 0.111. The number of aliphatic carboxylic acids is 2. The highest BCUT2D eigenvalue weighted by Gasteiger charge is 1.99. The molecule has 0 saturated heterocycles. The maximum absolute atomic E-state index is 10.4. The molecule has 0 heterocycles. The second-order valence-electron chi connectivity index (χ2n) is 4.99. The first kappa shape index (κ1) is 18.7. The monoisotopic (exact) mass is 356 g/mol. The molecule has 0 saturated carbocycles. The molecule has 0 aliphatic carbocycles. The van der Waals surface area contributed by atoms with Gasteiger partial charge in [0.05, 0.1) is 12.4 Å². The molecule has 0 fully saturated rings. The van der Waals surface area contributed by atoms with Crippen molar-refractivity contribution in [3.05, 3.63) is 59.7 Å². The molecule has 2 rings (SSSR count). The normalized spacial score (nSPS) is 10.9. The van der Waals surface area contributed by atoms with E-state index in [1.807, 2.05) is 0 Å². The van der Waals surface area contributed by atoms with Gasteiger partial charge in [0.1, 0.15) is 11.5 Å². The van der Waals surface area contributed by atoms with Crippen molar-refractivity contribution in [1.29, 1.82) is 0 Å². The summed E-state index contributed by atoms with van der Waals surface area (Å²) in [5.74, 6) is -1.16. The molecule has 0 bridgehead atoms. The Labute approximate surface area is 149 Å². The second-order valence-corrected chi connectivity index (χ2v) is 4.99. The van der Waals surface area contributed by atoms with E-state index in [0.29, 0.717) is 11.5 Å². The van der Waals surface area contributed by atoms with Gasteiger partial charge in [-0.2, -0.15) is 10.2 Å². The minimum absolute atomic E-state index is 0.391. The predicted octanol–water partition coefficient (Wildman–Crippen LogP) is 2.07. The van der Waals surface area contributed by atoms with Gasteiger partial charge in [0.15, 0.2) is 13.2 Å². The first-order valence-corrected chi connectivity index (χ1v) is 7.48. The lowest BCUT2D eigenvalue weighted by Crippen LogP contribution is -2.09. The molecule has 2 aromatic rings. The van der Waals surface area contributed by atoms with Gasteiger partial charge in [-0.3, -0.25) is 0 Å². The quantitative estimate of drug-likeness (QED) is 0.524. The predicted molar refractivity (Wildman–Crippen MR) is 94.3 cm³/mol. The van der Waals surface area contributed by atoms with Crippen LogP contribution in [0.4, 0.5) is 0 Å². The Morgan fingerprint density at radius 3 is 1.38 bits per heavy atom. The largest absolute Gasteiger partial charge is 0.482 e. The summed E-state index contributed by atoms with van der Waals surface area (Å²) in [5, 5.41) is 24.9. The molecular weight excluding hydrogens is 340 g/mol. The molecule has 0 radical (unpaired) electrons. The summed E-state index contributed by atoms with van der Waals surface area (Å²) in [6.07, 6.45) is 3.09. The standard InChI is InChI=1S/C18H16N2O6/c21-17(22)11-25-15-5-1-13(2-6-15)9-19-20-10-14-3-7-16(8-4-14)26-12-18(23)24/h1-10H,11-12H2,(H,21,22)(H,23,24). The van der Waals surface area contributed by atoms with Gasteiger partial charge in [-0.15, -0.1) is 0 Å². The zero-order chi connectivity index (χ0) is 18.8. The number of benzene rings is 2. The van der Waals surface area contributed by atoms with Crippen LogP contribution in [0.1, 0.15) is 11.1 Å². The summed E-state index contributed by atoms with van der Waals surface area (Å²) >= 11 is 0. The van der Waals surface area contributed by atoms with E-state index < -0.39 is 25.2 Å². The summed E-state index contributed by atoms with van der Waals surface area (Å²) in [6.45, 7) is -0.782. The van der Waals surface area contributed by atoms with Crippen LogP contribution in [0.25, 0.3) is 0 Å². The summed E-state index contributed by atoms with van der Waals surface area (Å²) in [5.41, 5.74) is 1.56. The zero-order valence-corrected chi connectivity index (χ0v) is 13.6. The number of hydrogen-bond acceptors (Lipinski definition) is 6. The minimum atomic E-state index is -1.04. The molecule has 8 nitrogen and oxygen atoms in total. The molecule has 2 N–H and O–H groups in total. The van der Waals surface area contributed by atoms with E-state index in [-0.39, 0.29) is 0 Å². The molecule has 0 aliphatic heterocycles. The highest BCUT2D eigenvalue weighted by Crippen LogP contribution is 2.12. The summed E-state index contributed by atoms with van der Waals surface area (Å²) < 4.78 is 10.1. The number of rotatable bonds is 9. The lowest BCUT2D eigenvalue weighted by Gasteiger charge is -2.02. The SMILES string of the molecule is O=C(O)COc1ccc(C=NN=Cc2ccc(OCC(=O)O)cc2)cc1. The Kier molecular flexibility index (Phi) is 6.87. The van der Waals surface area contributed by atoms with E-state index in [9.17, 15) is 9.59 Å². The van der Waals surface area contributed by atoms with Crippen LogP contribution in [0.15, 0.2) is 58.7 Å². The smallest absolute Gasteiger partial charge is 0.341 e. The van der Waals surface area contributed by atoms with Crippen LogP contribution >= 0.6 is 0 Å². The van der Waals surface area contributed by atoms with Crippen molar-refractivity contribution in [1.82, 2.24) is 0 Å². The Morgan fingerprint density at radius 1 is 0.731 bits per heavy atom. The molecule has 0 spiro atoms. The van der Waals surface area contributed by atoms with E-state index in [2.05, 4.69) is 10.2 Å². The molecule has 0 unspecified atom stereocenters. The van der Waals surface area contributed by atoms with Gasteiger partial charge in [-0.05, 0) is 59.7 Å². The van der Waals surface area contributed by atoms with Crippen LogP contribution in [-0.4, -0.2) is 47.8 Å². The maximum atomic E-state index is 10.4. The highest BCUT2D eigenvalue weighted by atomic mass is 16.5. The van der Waals surface area contributed by atoms with Gasteiger partial charge >= 0.3 is 11.9 Å². The van der Waals surface area contributed by atoms with E-state index in [1.54, 1.807) is 61.0 Å². The molecular formula is C18H16N2O6. The number of hydrogen-bond donors (Lipinski definition) is 2. The minimum Gasteiger partial charge on any atom is -0.482 e. The Bertz CT molecular complexity index is 728. The summed E-state index contributed by atoms with van der Waals surface area (Å²) in [7, 11) is 0. The van der Waals surface area contributed by atoms with Crippen LogP contribution in [0.3, 0.4) is 0 Å². The molecule has 2 aromatic carbocycles. The zero-order valence-electron chi connectivity index (χ0n) is 13.6. The lowest BCUT2D eigenvalue weighted by atomic mass is 10.2. The summed E-state index contributed by atoms with van der Waals surface area (Å²) in [4.78, 5) is 20.8. The molecule has 134 valence electrons. The number of nitrogens with zero attached hydrogens (tertiary/aromatic N) is 2. The van der Waals surface area contributed by atoms with Crippen LogP contribution < -0.4 is 9.47 Å². The Hall–Kier alpha value is -3.68. The third-order valence-electron chi connectivity index (χ3n) is 2.97. The third-order valence-corrected chi connectivity index (χ3v) is 2.97. The average molecular weight is 356 g/mol. The second kappa shape index (κ2) is 9.58. The first-order chi connectivity index (χ1) is 12.5. The number of ether oxygens (including phenoxy) is 2. The number of carbonyl (C=O) groups is 2. The third kappa shape index (κ3) is 6.83. The molecule has 8 heteroatoms. The lowest BCUT2D eigenvalue weighted by molar-refractivity contribution is -0.140. The molecule has 0 aromatic heterocycles. The average Bonchev–Trinajstić information content (AvgIpc) is 2.63. The van der Waals surface area contributed by atoms with Crippen LogP contribution in [-0.2, 0) is 9.59 Å². The molecule has 0 aliphatic rings. The summed E-state index contributed by atoms with van der Waals surface area (Å²) in [6, 6.07) is 13.5. The topological polar surface area (TPSA) is 118 Å². The van der Waals surface area contributed by atoms with Crippen molar-refractivity contribution in [2.24, 2.45) is 10.2 Å². The highest BCUT2D eigenvalue weighted by molar-refractivity contribution is 5.82. The van der Waals surface area contributed by atoms with Crippen molar-refractivity contribution in [2.45, 2.75) is 0 Å². The first-order valence-electron chi connectivity index (χ1n) is 7.48. The Balaban J connectivity index is 1.85. The van der Waals surface area contributed by atoms with E-state index in [4.69, 9.17) is 19.7 Å². The fourth-order valence-electron chi connectivity index (χ4n) is 1.79. The van der Waals surface area contributed by atoms with Gasteiger partial charge < -0.3 is 19.7 Å². The van der Waals surface area contributed by atoms with Crippen molar-refractivity contribution in [3.63, 3.8) is 0 Å². The van der Waals surface area contributed by atoms with E-state index >= 15 is 0 Å². The van der Waals surface area contributed by atoms with Crippen molar-refractivity contribution in [3.8, 4) is 11.5 Å². The van der Waals surface area contributed by atoms with Crippen LogP contribution in [0.2, 0.25) is 0 Å². The number of carboxylic acids is 2. The van der Waals surface area contributed by atoms with Gasteiger partial charge in [0.2, 0.25) is 0 Å². The van der Waals surface area contributed by atoms with Crippen LogP contribution in [0, 0.1) is 0 Å².